The number of carbonyl (C=O) groups is 2. The first-order valence-electron chi connectivity index (χ1n) is 9.70. The van der Waals surface area contributed by atoms with Crippen LogP contribution in [-0.2, 0) is 22.7 Å². The molecule has 148 valence electrons. The molecule has 1 aliphatic rings. The second kappa shape index (κ2) is 9.90. The van der Waals surface area contributed by atoms with Gasteiger partial charge in [0.05, 0.1) is 19.1 Å². The molecule has 0 saturated carbocycles. The Morgan fingerprint density at radius 2 is 1.89 bits per heavy atom. The summed E-state index contributed by atoms with van der Waals surface area (Å²) < 4.78 is 5.47. The van der Waals surface area contributed by atoms with Crippen LogP contribution in [0.4, 0.5) is 0 Å². The van der Waals surface area contributed by atoms with Gasteiger partial charge in [-0.3, -0.25) is 14.5 Å². The summed E-state index contributed by atoms with van der Waals surface area (Å²) in [7, 11) is 0. The fourth-order valence-corrected chi connectivity index (χ4v) is 3.31. The van der Waals surface area contributed by atoms with Gasteiger partial charge in [0.25, 0.3) is 0 Å². The van der Waals surface area contributed by atoms with Crippen LogP contribution in [0.2, 0.25) is 0 Å². The lowest BCUT2D eigenvalue weighted by Crippen LogP contribution is -2.56. The van der Waals surface area contributed by atoms with E-state index >= 15 is 0 Å². The van der Waals surface area contributed by atoms with E-state index in [1.165, 1.54) is 0 Å². The first-order valence-corrected chi connectivity index (χ1v) is 9.70. The molecule has 2 aromatic carbocycles. The first kappa shape index (κ1) is 19.9. The highest BCUT2D eigenvalue weighted by atomic mass is 16.5. The van der Waals surface area contributed by atoms with Crippen molar-refractivity contribution in [3.8, 4) is 5.75 Å². The van der Waals surface area contributed by atoms with Crippen molar-refractivity contribution in [3.05, 3.63) is 65.7 Å². The van der Waals surface area contributed by atoms with Crippen molar-refractivity contribution in [2.24, 2.45) is 0 Å². The monoisotopic (exact) mass is 381 g/mol. The normalized spacial score (nSPS) is 17.0. The van der Waals surface area contributed by atoms with Crippen LogP contribution in [-0.4, -0.2) is 42.5 Å². The minimum absolute atomic E-state index is 0.0907. The van der Waals surface area contributed by atoms with E-state index in [9.17, 15) is 9.59 Å². The van der Waals surface area contributed by atoms with Gasteiger partial charge in [-0.2, -0.15) is 0 Å². The highest BCUT2D eigenvalue weighted by molar-refractivity contribution is 5.88. The number of nitrogens with zero attached hydrogens (tertiary/aromatic N) is 1. The molecule has 28 heavy (non-hydrogen) atoms. The highest BCUT2D eigenvalue weighted by Gasteiger charge is 2.31. The van der Waals surface area contributed by atoms with Crippen LogP contribution in [0.25, 0.3) is 0 Å². The molecule has 1 fully saturated rings. The Hall–Kier alpha value is -2.86. The molecule has 2 N–H and O–H groups in total. The smallest absolute Gasteiger partial charge is 0.237 e. The van der Waals surface area contributed by atoms with E-state index in [0.29, 0.717) is 26.2 Å². The van der Waals surface area contributed by atoms with Crippen molar-refractivity contribution in [3.63, 3.8) is 0 Å². The summed E-state index contributed by atoms with van der Waals surface area (Å²) in [5, 5.41) is 5.78. The van der Waals surface area contributed by atoms with Crippen molar-refractivity contribution in [1.29, 1.82) is 0 Å². The van der Waals surface area contributed by atoms with Gasteiger partial charge in [0.15, 0.2) is 0 Å². The average molecular weight is 381 g/mol. The van der Waals surface area contributed by atoms with E-state index in [4.69, 9.17) is 4.74 Å². The van der Waals surface area contributed by atoms with Gasteiger partial charge in [-0.1, -0.05) is 42.5 Å². The Morgan fingerprint density at radius 1 is 1.14 bits per heavy atom. The van der Waals surface area contributed by atoms with Gasteiger partial charge in [0.2, 0.25) is 11.8 Å². The number of benzene rings is 2. The molecule has 0 spiro atoms. The van der Waals surface area contributed by atoms with Gasteiger partial charge in [-0.05, 0) is 30.2 Å². The maximum Gasteiger partial charge on any atom is 0.237 e. The second-order valence-corrected chi connectivity index (χ2v) is 6.82. The van der Waals surface area contributed by atoms with Crippen molar-refractivity contribution in [1.82, 2.24) is 15.5 Å². The third-order valence-electron chi connectivity index (χ3n) is 4.77. The topological polar surface area (TPSA) is 70.7 Å². The lowest BCUT2D eigenvalue weighted by atomic mass is 10.1. The summed E-state index contributed by atoms with van der Waals surface area (Å²) >= 11 is 0. The van der Waals surface area contributed by atoms with Crippen molar-refractivity contribution < 1.29 is 14.3 Å². The molecule has 6 heteroatoms. The zero-order valence-corrected chi connectivity index (χ0v) is 16.2. The molecule has 2 aromatic rings. The van der Waals surface area contributed by atoms with E-state index in [1.807, 2.05) is 61.5 Å². The van der Waals surface area contributed by atoms with Gasteiger partial charge in [0.1, 0.15) is 5.75 Å². The van der Waals surface area contributed by atoms with Crippen LogP contribution in [0.3, 0.4) is 0 Å². The number of carbonyl (C=O) groups excluding carboxylic acids is 2. The predicted molar refractivity (Wildman–Crippen MR) is 108 cm³/mol. The van der Waals surface area contributed by atoms with Crippen LogP contribution >= 0.6 is 0 Å². The van der Waals surface area contributed by atoms with Crippen LogP contribution in [0.15, 0.2) is 54.6 Å². The molecule has 6 nitrogen and oxygen atoms in total. The molecule has 1 saturated heterocycles. The number of piperazine rings is 1. The Labute approximate surface area is 165 Å². The molecule has 0 aromatic heterocycles. The number of ether oxygens (including phenoxy) is 1. The van der Waals surface area contributed by atoms with E-state index in [1.54, 1.807) is 0 Å². The van der Waals surface area contributed by atoms with Crippen molar-refractivity contribution >= 4 is 11.8 Å². The third-order valence-corrected chi connectivity index (χ3v) is 4.77. The summed E-state index contributed by atoms with van der Waals surface area (Å²) in [6.45, 7) is 4.98. The minimum atomic E-state index is -0.462. The van der Waals surface area contributed by atoms with Crippen molar-refractivity contribution in [2.75, 3.05) is 19.7 Å². The molecule has 1 aliphatic heterocycles. The number of nitrogens with one attached hydrogen (secondary N) is 2. The van der Waals surface area contributed by atoms with Crippen LogP contribution in [0.5, 0.6) is 5.75 Å². The van der Waals surface area contributed by atoms with E-state index < -0.39 is 6.04 Å². The van der Waals surface area contributed by atoms with E-state index in [0.717, 1.165) is 23.4 Å². The molecule has 0 aliphatic carbocycles. The molecular formula is C22H27N3O3. The molecule has 3 rings (SSSR count). The fourth-order valence-electron chi connectivity index (χ4n) is 3.31. The van der Waals surface area contributed by atoms with Gasteiger partial charge in [0, 0.05) is 26.2 Å². The molecule has 1 heterocycles. The third kappa shape index (κ3) is 5.57. The lowest BCUT2D eigenvalue weighted by Gasteiger charge is -2.34. The predicted octanol–water partition coefficient (Wildman–Crippen LogP) is 2.09. The van der Waals surface area contributed by atoms with Crippen LogP contribution < -0.4 is 15.4 Å². The summed E-state index contributed by atoms with van der Waals surface area (Å²) in [6, 6.07) is 17.2. The molecule has 2 amide bonds. The van der Waals surface area contributed by atoms with Gasteiger partial charge in [-0.15, -0.1) is 0 Å². The summed E-state index contributed by atoms with van der Waals surface area (Å²) in [4.78, 5) is 26.9. The number of rotatable bonds is 8. The standard InChI is InChI=1S/C22H27N3O3/c1-2-28-19-10-8-18(9-11-19)16-25-13-12-23-22(27)20(25)14-21(26)24-15-17-6-4-3-5-7-17/h3-11,20H,2,12-16H2,1H3,(H,23,27)(H,24,26). The molecule has 1 atom stereocenters. The zero-order chi connectivity index (χ0) is 19.8. The molecule has 0 bridgehead atoms. The summed E-state index contributed by atoms with van der Waals surface area (Å²) in [5.74, 6) is 0.620. The quantitative estimate of drug-likeness (QED) is 0.735. The SMILES string of the molecule is CCOc1ccc(CN2CCNC(=O)C2CC(=O)NCc2ccccc2)cc1. The Bertz CT molecular complexity index is 777. The number of amides is 2. The highest BCUT2D eigenvalue weighted by Crippen LogP contribution is 2.17. The van der Waals surface area contributed by atoms with Gasteiger partial charge < -0.3 is 15.4 Å². The average Bonchev–Trinajstić information content (AvgIpc) is 2.71. The van der Waals surface area contributed by atoms with Crippen LogP contribution in [0, 0.1) is 0 Å². The minimum Gasteiger partial charge on any atom is -0.494 e. The molecular weight excluding hydrogens is 354 g/mol. The second-order valence-electron chi connectivity index (χ2n) is 6.82. The maximum atomic E-state index is 12.4. The zero-order valence-electron chi connectivity index (χ0n) is 16.2. The fraction of sp³-hybridized carbons (Fsp3) is 0.364. The molecule has 0 radical (unpaired) electrons. The Morgan fingerprint density at radius 3 is 2.61 bits per heavy atom. The lowest BCUT2D eigenvalue weighted by molar-refractivity contribution is -0.134. The molecule has 1 unspecified atom stereocenters. The largest absolute Gasteiger partial charge is 0.494 e. The number of hydrogen-bond donors (Lipinski definition) is 2. The van der Waals surface area contributed by atoms with Crippen LogP contribution in [0.1, 0.15) is 24.5 Å². The van der Waals surface area contributed by atoms with Gasteiger partial charge in [-0.25, -0.2) is 0 Å². The van der Waals surface area contributed by atoms with Crippen molar-refractivity contribution in [2.45, 2.75) is 32.5 Å². The van der Waals surface area contributed by atoms with E-state index in [-0.39, 0.29) is 18.2 Å². The first-order chi connectivity index (χ1) is 13.7. The Kier molecular flexibility index (Phi) is 7.03. The Balaban J connectivity index is 1.58. The van der Waals surface area contributed by atoms with Gasteiger partial charge >= 0.3 is 0 Å². The van der Waals surface area contributed by atoms with E-state index in [2.05, 4.69) is 15.5 Å². The maximum absolute atomic E-state index is 12.4. The summed E-state index contributed by atoms with van der Waals surface area (Å²) in [5.41, 5.74) is 2.13. The number of hydrogen-bond acceptors (Lipinski definition) is 4. The summed E-state index contributed by atoms with van der Waals surface area (Å²) in [6.07, 6.45) is 0.149.